The molecule has 2 aromatic rings. The number of hydrazine groups is 1. The van der Waals surface area contributed by atoms with Gasteiger partial charge in [-0.2, -0.15) is 13.2 Å². The van der Waals surface area contributed by atoms with Crippen molar-refractivity contribution in [3.8, 4) is 0 Å². The fraction of sp³-hybridized carbons (Fsp3) is 0.0714. The molecule has 3 N–H and O–H groups in total. The van der Waals surface area contributed by atoms with Crippen LogP contribution >= 0.6 is 23.8 Å². The van der Waals surface area contributed by atoms with E-state index in [1.165, 1.54) is 12.1 Å². The number of benzene rings is 2. The van der Waals surface area contributed by atoms with Crippen LogP contribution in [0.3, 0.4) is 0 Å². The highest BCUT2D eigenvalue weighted by atomic mass is 35.5. The number of nitrogens with zero attached hydrogens (tertiary/aromatic N) is 2. The topological polar surface area (TPSA) is 122 Å². The molecule has 0 saturated carbocycles. The number of alkyl halides is 3. The second-order valence-electron chi connectivity index (χ2n) is 5.11. The Hall–Kier alpha value is -3.19. The van der Waals surface area contributed by atoms with Crippen LogP contribution in [0.4, 0.5) is 35.9 Å². The highest BCUT2D eigenvalue weighted by Crippen LogP contribution is 2.34. The molecule has 148 valence electrons. The first-order valence-electron chi connectivity index (χ1n) is 7.11. The summed E-state index contributed by atoms with van der Waals surface area (Å²) >= 11 is 10.8. The molecule has 0 radical (unpaired) electrons. The molecule has 0 fully saturated rings. The SMILES string of the molecule is O=[N+]([O-])c1ccc(Cl)c(NC(=S)NNc2ccc(C(F)(F)F)cc2[N+](=O)[O-])c1. The summed E-state index contributed by atoms with van der Waals surface area (Å²) in [5.41, 5.74) is 2.16. The number of nitro groups is 2. The molecule has 0 atom stereocenters. The van der Waals surface area contributed by atoms with Gasteiger partial charge in [-0.15, -0.1) is 0 Å². The van der Waals surface area contributed by atoms with Crippen molar-refractivity contribution in [1.82, 2.24) is 5.43 Å². The van der Waals surface area contributed by atoms with Gasteiger partial charge in [-0.1, -0.05) is 11.6 Å². The lowest BCUT2D eigenvalue weighted by atomic mass is 10.1. The van der Waals surface area contributed by atoms with E-state index < -0.39 is 27.3 Å². The minimum absolute atomic E-state index is 0.0806. The first-order chi connectivity index (χ1) is 13.0. The van der Waals surface area contributed by atoms with E-state index in [1.807, 2.05) is 0 Å². The van der Waals surface area contributed by atoms with Crippen molar-refractivity contribution >= 4 is 51.7 Å². The monoisotopic (exact) mass is 435 g/mol. The predicted molar refractivity (Wildman–Crippen MR) is 99.2 cm³/mol. The number of halogens is 4. The Bertz CT molecular complexity index is 957. The fourth-order valence-corrected chi connectivity index (χ4v) is 2.29. The van der Waals surface area contributed by atoms with Gasteiger partial charge in [-0.25, -0.2) is 0 Å². The smallest absolute Gasteiger partial charge is 0.330 e. The van der Waals surface area contributed by atoms with Gasteiger partial charge in [0.25, 0.3) is 11.4 Å². The molecule has 0 aliphatic carbocycles. The number of non-ortho nitro benzene ring substituents is 1. The molecule has 0 unspecified atom stereocenters. The van der Waals surface area contributed by atoms with E-state index in [1.54, 1.807) is 0 Å². The predicted octanol–water partition coefficient (Wildman–Crippen LogP) is 4.49. The van der Waals surface area contributed by atoms with Crippen molar-refractivity contribution < 1.29 is 23.0 Å². The highest BCUT2D eigenvalue weighted by molar-refractivity contribution is 7.80. The molecular weight excluding hydrogens is 427 g/mol. The van der Waals surface area contributed by atoms with Crippen LogP contribution in [-0.2, 0) is 6.18 Å². The number of rotatable bonds is 5. The third-order valence-corrected chi connectivity index (χ3v) is 3.78. The van der Waals surface area contributed by atoms with Gasteiger partial charge in [0, 0.05) is 18.2 Å². The summed E-state index contributed by atoms with van der Waals surface area (Å²) in [5.74, 6) is 0. The minimum Gasteiger partial charge on any atom is -0.330 e. The molecule has 14 heteroatoms. The molecule has 28 heavy (non-hydrogen) atoms. The fourth-order valence-electron chi connectivity index (χ4n) is 1.97. The third kappa shape index (κ3) is 5.17. The van der Waals surface area contributed by atoms with Crippen molar-refractivity contribution in [3.05, 3.63) is 67.2 Å². The maximum absolute atomic E-state index is 12.7. The van der Waals surface area contributed by atoms with Gasteiger partial charge in [-0.05, 0) is 30.4 Å². The van der Waals surface area contributed by atoms with E-state index in [0.717, 1.165) is 12.1 Å². The Labute approximate surface area is 164 Å². The van der Waals surface area contributed by atoms with Gasteiger partial charge in [0.15, 0.2) is 5.11 Å². The zero-order valence-electron chi connectivity index (χ0n) is 13.4. The normalized spacial score (nSPS) is 10.9. The molecule has 0 aliphatic heterocycles. The van der Waals surface area contributed by atoms with Crippen LogP contribution in [0.15, 0.2) is 36.4 Å². The van der Waals surface area contributed by atoms with Crippen LogP contribution in [0.2, 0.25) is 5.02 Å². The quantitative estimate of drug-likeness (QED) is 0.356. The summed E-state index contributed by atoms with van der Waals surface area (Å²) in [7, 11) is 0. The summed E-state index contributed by atoms with van der Waals surface area (Å²) in [6, 6.07) is 5.43. The van der Waals surface area contributed by atoms with Crippen LogP contribution in [0.25, 0.3) is 0 Å². The van der Waals surface area contributed by atoms with Gasteiger partial charge < -0.3 is 5.32 Å². The molecule has 0 amide bonds. The van der Waals surface area contributed by atoms with E-state index in [0.29, 0.717) is 12.1 Å². The molecule has 0 aliphatic rings. The number of thiocarbonyl (C=S) groups is 1. The zero-order valence-corrected chi connectivity index (χ0v) is 15.0. The van der Waals surface area contributed by atoms with Crippen LogP contribution < -0.4 is 16.2 Å². The molecular formula is C14H9ClF3N5O4S. The van der Waals surface area contributed by atoms with E-state index in [-0.39, 0.29) is 27.2 Å². The first kappa shape index (κ1) is 21.1. The number of nitrogens with one attached hydrogen (secondary N) is 3. The molecule has 2 rings (SSSR count). The molecule has 0 bridgehead atoms. The van der Waals surface area contributed by atoms with E-state index in [9.17, 15) is 33.4 Å². The number of hydrogen-bond acceptors (Lipinski definition) is 6. The average molecular weight is 436 g/mol. The lowest BCUT2D eigenvalue weighted by Gasteiger charge is -2.14. The Morgan fingerprint density at radius 3 is 2.29 bits per heavy atom. The van der Waals surface area contributed by atoms with E-state index in [2.05, 4.69) is 16.2 Å². The molecule has 9 nitrogen and oxygen atoms in total. The Kier molecular flexibility index (Phi) is 6.20. The Morgan fingerprint density at radius 2 is 1.71 bits per heavy atom. The Morgan fingerprint density at radius 1 is 1.04 bits per heavy atom. The summed E-state index contributed by atoms with van der Waals surface area (Å²) in [4.78, 5) is 20.2. The largest absolute Gasteiger partial charge is 0.416 e. The third-order valence-electron chi connectivity index (χ3n) is 3.24. The minimum atomic E-state index is -4.74. The van der Waals surface area contributed by atoms with Crippen molar-refractivity contribution in [2.45, 2.75) is 6.18 Å². The molecule has 0 saturated heterocycles. The second-order valence-corrected chi connectivity index (χ2v) is 5.93. The first-order valence-corrected chi connectivity index (χ1v) is 7.90. The van der Waals surface area contributed by atoms with Crippen molar-refractivity contribution in [1.29, 1.82) is 0 Å². The van der Waals surface area contributed by atoms with Gasteiger partial charge in [0.05, 0.1) is 26.1 Å². The maximum atomic E-state index is 12.7. The van der Waals surface area contributed by atoms with Crippen molar-refractivity contribution in [3.63, 3.8) is 0 Å². The van der Waals surface area contributed by atoms with Crippen LogP contribution in [0.5, 0.6) is 0 Å². The molecule has 0 aromatic heterocycles. The van der Waals surface area contributed by atoms with Gasteiger partial charge >= 0.3 is 6.18 Å². The molecule has 2 aromatic carbocycles. The van der Waals surface area contributed by atoms with Gasteiger partial charge in [-0.3, -0.25) is 31.1 Å². The summed E-state index contributed by atoms with van der Waals surface area (Å²) in [6.07, 6.45) is -4.74. The average Bonchev–Trinajstić information content (AvgIpc) is 2.60. The number of hydrogen-bond donors (Lipinski definition) is 3. The highest BCUT2D eigenvalue weighted by Gasteiger charge is 2.33. The van der Waals surface area contributed by atoms with Crippen LogP contribution in [0, 0.1) is 20.2 Å². The second kappa shape index (κ2) is 8.22. The van der Waals surface area contributed by atoms with E-state index in [4.69, 9.17) is 23.8 Å². The maximum Gasteiger partial charge on any atom is 0.416 e. The number of anilines is 2. The van der Waals surface area contributed by atoms with Crippen molar-refractivity contribution in [2.24, 2.45) is 0 Å². The lowest BCUT2D eigenvalue weighted by Crippen LogP contribution is -2.33. The summed E-state index contributed by atoms with van der Waals surface area (Å²) in [6.45, 7) is 0. The standard InChI is InChI=1S/C14H9ClF3N5O4S/c15-9-3-2-8(22(24)25)6-11(9)19-13(28)21-20-10-4-1-7(14(16,17)18)5-12(10)23(26)27/h1-6,20H,(H2,19,21,28). The van der Waals surface area contributed by atoms with E-state index >= 15 is 0 Å². The van der Waals surface area contributed by atoms with Gasteiger partial charge in [0.1, 0.15) is 5.69 Å². The van der Waals surface area contributed by atoms with Gasteiger partial charge in [0.2, 0.25) is 0 Å². The molecule has 0 heterocycles. The lowest BCUT2D eigenvalue weighted by molar-refractivity contribution is -0.384. The summed E-state index contributed by atoms with van der Waals surface area (Å²) in [5, 5.41) is 24.3. The van der Waals surface area contributed by atoms with Crippen LogP contribution in [0.1, 0.15) is 5.56 Å². The number of nitro benzene ring substituents is 2. The van der Waals surface area contributed by atoms with Crippen LogP contribution in [-0.4, -0.2) is 15.0 Å². The summed E-state index contributed by atoms with van der Waals surface area (Å²) < 4.78 is 38.1. The van der Waals surface area contributed by atoms with Crippen molar-refractivity contribution in [2.75, 3.05) is 10.7 Å². The Balaban J connectivity index is 2.14. The molecule has 0 spiro atoms. The zero-order chi connectivity index (χ0) is 21.1.